The summed E-state index contributed by atoms with van der Waals surface area (Å²) in [4.78, 5) is 16.5. The van der Waals surface area contributed by atoms with Crippen molar-refractivity contribution in [1.29, 1.82) is 0 Å². The summed E-state index contributed by atoms with van der Waals surface area (Å²) in [6.07, 6.45) is 6.15. The molecule has 0 aromatic heterocycles. The normalized spacial score (nSPS) is 14.8. The van der Waals surface area contributed by atoms with Gasteiger partial charge in [-0.25, -0.2) is 0 Å². The first-order valence-electron chi connectivity index (χ1n) is 34.8. The summed E-state index contributed by atoms with van der Waals surface area (Å²) >= 11 is 55.1. The molecular formula is C76H97Cl9N8O12. The van der Waals surface area contributed by atoms with Crippen molar-refractivity contribution in [2.24, 2.45) is 0 Å². The summed E-state index contributed by atoms with van der Waals surface area (Å²) in [7, 11) is 9.29. The van der Waals surface area contributed by atoms with Crippen molar-refractivity contribution < 1.29 is 58.3 Å². The predicted octanol–water partition coefficient (Wildman–Crippen LogP) is 17.0. The number of phenolic OH excluding ortho intramolecular Hbond substituents is 4. The average molecular weight is 1630 g/mol. The van der Waals surface area contributed by atoms with Crippen LogP contribution in [0.2, 0.25) is 40.2 Å². The SMILES string of the molecule is COc1cc(O)cc(OC)c1OC.COc1cc(OCCCCN2CCN(c3cccc(Cl)c3Cl)CC2)cc(OC)c1OC.ClCCCCN1CCN(c2cccc(Cl)c2Cl)CC1.Clc1cccc(N2CCNCC2)c1Cl.Oc1cc(OCCCCN2CCN(c3cccc(Cl)c3Cl)CC2)cc(O)c1O. The number of unbranched alkanes of at least 4 members (excludes halogenated alkanes) is 3. The Morgan fingerprint density at radius 2 is 0.648 bits per heavy atom. The van der Waals surface area contributed by atoms with Gasteiger partial charge in [0.15, 0.2) is 34.5 Å². The minimum atomic E-state index is -0.537. The highest BCUT2D eigenvalue weighted by Gasteiger charge is 2.24. The van der Waals surface area contributed by atoms with Gasteiger partial charge in [-0.05, 0) is 107 Å². The van der Waals surface area contributed by atoms with E-state index in [1.807, 2.05) is 78.9 Å². The first kappa shape index (κ1) is 86.0. The number of benzene rings is 7. The molecule has 0 aliphatic carbocycles. The molecule has 5 N–H and O–H groups in total. The van der Waals surface area contributed by atoms with Gasteiger partial charge in [-0.1, -0.05) is 117 Å². The number of rotatable bonds is 26. The van der Waals surface area contributed by atoms with Gasteiger partial charge >= 0.3 is 0 Å². The second-order valence-corrected chi connectivity index (χ2v) is 28.1. The highest BCUT2D eigenvalue weighted by molar-refractivity contribution is 6.45. The largest absolute Gasteiger partial charge is 0.508 e. The fraction of sp³-hybridized carbons (Fsp3) is 0.447. The number of nitrogens with zero attached hydrogens (tertiary/aromatic N) is 7. The topological polar surface area (TPSA) is 189 Å². The second-order valence-electron chi connectivity index (χ2n) is 24.6. The summed E-state index contributed by atoms with van der Waals surface area (Å²) in [6.45, 7) is 20.1. The number of alkyl halides is 1. The van der Waals surface area contributed by atoms with E-state index >= 15 is 0 Å². The van der Waals surface area contributed by atoms with Crippen LogP contribution in [0, 0.1) is 0 Å². The van der Waals surface area contributed by atoms with Gasteiger partial charge in [0, 0.05) is 147 Å². The Kier molecular flexibility index (Phi) is 37.3. The molecular weight excluding hydrogens is 1540 g/mol. The molecule has 576 valence electrons. The van der Waals surface area contributed by atoms with Gasteiger partial charge in [0.1, 0.15) is 17.2 Å². The molecule has 0 unspecified atom stereocenters. The third-order valence-corrected chi connectivity index (χ3v) is 21.3. The molecule has 4 fully saturated rings. The minimum absolute atomic E-state index is 0.0782. The maximum Gasteiger partial charge on any atom is 0.203 e. The van der Waals surface area contributed by atoms with Crippen LogP contribution in [0.15, 0.2) is 109 Å². The van der Waals surface area contributed by atoms with E-state index in [0.717, 1.165) is 185 Å². The quantitative estimate of drug-likeness (QED) is 0.0195. The lowest BCUT2D eigenvalue weighted by atomic mass is 10.2. The van der Waals surface area contributed by atoms with E-state index in [0.29, 0.717) is 99.4 Å². The maximum absolute atomic E-state index is 9.47. The van der Waals surface area contributed by atoms with Crippen LogP contribution >= 0.6 is 104 Å². The van der Waals surface area contributed by atoms with Gasteiger partial charge in [0.25, 0.3) is 0 Å². The highest BCUT2D eigenvalue weighted by Crippen LogP contribution is 2.43. The number of methoxy groups -OCH3 is 6. The summed E-state index contributed by atoms with van der Waals surface area (Å²) < 4.78 is 42.6. The van der Waals surface area contributed by atoms with E-state index in [1.54, 1.807) is 27.4 Å². The molecule has 0 amide bonds. The lowest BCUT2D eigenvalue weighted by Gasteiger charge is -2.36. The molecule has 7 aromatic rings. The van der Waals surface area contributed by atoms with Gasteiger partial charge in [0.05, 0.1) is 119 Å². The molecule has 0 atom stereocenters. The van der Waals surface area contributed by atoms with Crippen LogP contribution in [0.5, 0.6) is 69.0 Å². The fourth-order valence-electron chi connectivity index (χ4n) is 12.0. The number of nitrogens with one attached hydrogen (secondary N) is 1. The first-order chi connectivity index (χ1) is 50.7. The Labute approximate surface area is 663 Å². The van der Waals surface area contributed by atoms with Crippen LogP contribution in [0.4, 0.5) is 22.7 Å². The molecule has 0 radical (unpaired) electrons. The van der Waals surface area contributed by atoms with E-state index in [-0.39, 0.29) is 5.75 Å². The second kappa shape index (κ2) is 45.6. The zero-order valence-corrected chi connectivity index (χ0v) is 67.1. The van der Waals surface area contributed by atoms with Crippen LogP contribution in [0.25, 0.3) is 0 Å². The predicted molar refractivity (Wildman–Crippen MR) is 432 cm³/mol. The molecule has 4 aliphatic heterocycles. The summed E-state index contributed by atoms with van der Waals surface area (Å²) in [5, 5.41) is 45.9. The fourth-order valence-corrected chi connectivity index (χ4v) is 13.9. The Bertz CT molecular complexity index is 3700. The smallest absolute Gasteiger partial charge is 0.203 e. The third-order valence-electron chi connectivity index (χ3n) is 17.8. The number of aromatic hydroxyl groups is 4. The van der Waals surface area contributed by atoms with Crippen LogP contribution in [0.1, 0.15) is 38.5 Å². The molecule has 4 saturated heterocycles. The van der Waals surface area contributed by atoms with Gasteiger partial charge in [-0.3, -0.25) is 14.7 Å². The minimum Gasteiger partial charge on any atom is -0.508 e. The number of piperazine rings is 4. The number of hydrogen-bond acceptors (Lipinski definition) is 20. The van der Waals surface area contributed by atoms with Crippen molar-refractivity contribution in [3.8, 4) is 69.0 Å². The van der Waals surface area contributed by atoms with Gasteiger partial charge in [-0.2, -0.15) is 0 Å². The molecule has 4 aliphatic rings. The molecule has 20 nitrogen and oxygen atoms in total. The standard InChI is InChI=1S/C23H30Cl2N2O4.C20H24Cl2N2O4.C14H19Cl3N2.C10H12Cl2N2.C9H12O4/c1-28-20-15-17(16-21(29-2)23(20)30-3)31-14-5-4-9-26-10-12-27(13-11-26)19-8-6-7-18(24)22(19)25;21-15-4-3-5-16(19(15)22)24-9-7-23(8-10-24)6-1-2-11-28-14-12-17(25)20(27)18(26)13-14;15-6-1-2-7-18-8-10-19(11-9-18)13-5-3-4-12(16)14(13)17;11-8-2-1-3-9(10(8)12)14-6-4-13-5-7-14;1-11-7-4-6(10)5-8(12-2)9(7)13-3/h6-8,15-16H,4-5,9-14H2,1-3H3;3-5,12-13,25-27H,1-2,6-11H2;3-5H,1-2,6-11H2;1-3,13H,4-7H2;4-5,10H,1-3H3. The molecule has 7 aromatic carbocycles. The van der Waals surface area contributed by atoms with E-state index in [9.17, 15) is 20.4 Å². The van der Waals surface area contributed by atoms with Gasteiger partial charge in [0.2, 0.25) is 17.2 Å². The van der Waals surface area contributed by atoms with Crippen LogP contribution in [-0.2, 0) is 0 Å². The summed E-state index contributed by atoms with van der Waals surface area (Å²) in [5.41, 5.74) is 4.10. The molecule has 0 saturated carbocycles. The maximum atomic E-state index is 9.47. The number of phenols is 4. The van der Waals surface area contributed by atoms with Crippen molar-refractivity contribution in [2.45, 2.75) is 38.5 Å². The van der Waals surface area contributed by atoms with Gasteiger partial charge in [-0.15, -0.1) is 11.6 Å². The van der Waals surface area contributed by atoms with E-state index in [1.165, 1.54) is 52.0 Å². The van der Waals surface area contributed by atoms with Crippen molar-refractivity contribution in [1.82, 2.24) is 20.0 Å². The van der Waals surface area contributed by atoms with Crippen molar-refractivity contribution in [2.75, 3.05) is 206 Å². The zero-order valence-electron chi connectivity index (χ0n) is 60.3. The monoisotopic (exact) mass is 1630 g/mol. The number of halogens is 9. The van der Waals surface area contributed by atoms with Crippen molar-refractivity contribution in [3.05, 3.63) is 149 Å². The van der Waals surface area contributed by atoms with Crippen molar-refractivity contribution in [3.63, 3.8) is 0 Å². The number of anilines is 4. The summed E-state index contributed by atoms with van der Waals surface area (Å²) in [6, 6.07) is 32.2. The summed E-state index contributed by atoms with van der Waals surface area (Å²) in [5.74, 6) is 3.67. The average Bonchev–Trinajstić information content (AvgIpc) is 0.852. The molecule has 0 spiro atoms. The Hall–Kier alpha value is -6.21. The Morgan fingerprint density at radius 3 is 0.952 bits per heavy atom. The lowest BCUT2D eigenvalue weighted by molar-refractivity contribution is 0.238. The van der Waals surface area contributed by atoms with E-state index in [2.05, 4.69) is 39.6 Å². The van der Waals surface area contributed by atoms with Crippen LogP contribution < -0.4 is 62.8 Å². The van der Waals surface area contributed by atoms with E-state index in [4.69, 9.17) is 142 Å². The molecule has 4 heterocycles. The van der Waals surface area contributed by atoms with Crippen molar-refractivity contribution >= 4 is 127 Å². The molecule has 0 bridgehead atoms. The van der Waals surface area contributed by atoms with Gasteiger partial charge < -0.3 is 83.2 Å². The highest BCUT2D eigenvalue weighted by atomic mass is 35.5. The van der Waals surface area contributed by atoms with Crippen LogP contribution in [-0.4, -0.2) is 221 Å². The molecule has 29 heteroatoms. The van der Waals surface area contributed by atoms with Crippen LogP contribution in [0.3, 0.4) is 0 Å². The first-order valence-corrected chi connectivity index (χ1v) is 38.3. The van der Waals surface area contributed by atoms with E-state index < -0.39 is 17.2 Å². The molecule has 11 rings (SSSR count). The molecule has 105 heavy (non-hydrogen) atoms. The Morgan fingerprint density at radius 1 is 0.352 bits per heavy atom. The number of hydrogen-bond donors (Lipinski definition) is 5. The number of ether oxygens (including phenoxy) is 8. The lowest BCUT2D eigenvalue weighted by Crippen LogP contribution is -2.46. The third kappa shape index (κ3) is 26.3. The zero-order chi connectivity index (χ0) is 75.8. The Balaban J connectivity index is 0.000000191.